The molecule has 0 radical (unpaired) electrons. The summed E-state index contributed by atoms with van der Waals surface area (Å²) >= 11 is 0. The van der Waals surface area contributed by atoms with Crippen LogP contribution in [-0.4, -0.2) is 9.13 Å². The molecular formula is C38H48Br2N4. The van der Waals surface area contributed by atoms with Gasteiger partial charge < -0.3 is 34.0 Å². The fraction of sp³-hybridized carbons (Fsp3) is 0.368. The first-order valence-electron chi connectivity index (χ1n) is 15.6. The van der Waals surface area contributed by atoms with Crippen molar-refractivity contribution in [2.24, 2.45) is 0 Å². The minimum Gasteiger partial charge on any atom is -1.00 e. The van der Waals surface area contributed by atoms with Crippen molar-refractivity contribution in [1.82, 2.24) is 9.13 Å². The van der Waals surface area contributed by atoms with Crippen LogP contribution in [0.15, 0.2) is 98.1 Å². The molecule has 0 spiro atoms. The zero-order valence-corrected chi connectivity index (χ0v) is 30.7. The van der Waals surface area contributed by atoms with Crippen LogP contribution in [0.4, 0.5) is 0 Å². The summed E-state index contributed by atoms with van der Waals surface area (Å²) in [6.07, 6.45) is 13.3. The average molecular weight is 721 g/mol. The van der Waals surface area contributed by atoms with Gasteiger partial charge in [0.2, 0.25) is 12.7 Å². The molecule has 0 aliphatic heterocycles. The summed E-state index contributed by atoms with van der Waals surface area (Å²) in [6, 6.07) is 22.5. The smallest absolute Gasteiger partial charge is 0.249 e. The molecule has 0 bridgehead atoms. The van der Waals surface area contributed by atoms with Crippen LogP contribution >= 0.6 is 0 Å². The Hall–Kier alpha value is -2.96. The number of nitrogens with zero attached hydrogens (tertiary/aromatic N) is 4. The fourth-order valence-electron chi connectivity index (χ4n) is 6.11. The Balaban J connectivity index is 0.00000264. The standard InChI is InChI=1S/C38H48N4.2BrH/c1-27(2)33-14-10-15-34(28(3)4)37(33)41-20-18-39(25-41)23-31-12-9-13-32(22-31)24-40-19-21-42(26-40)38-35(29(5)6)16-11-17-36(38)30(7)8;;/h9-22,25-30H,23-24H2,1-8H3;2*1H/q+2;;/p-2. The molecule has 3 aromatic carbocycles. The predicted molar refractivity (Wildman–Crippen MR) is 173 cm³/mol. The Morgan fingerprint density at radius 1 is 0.500 bits per heavy atom. The van der Waals surface area contributed by atoms with E-state index in [1.165, 1.54) is 44.8 Å². The fourth-order valence-corrected chi connectivity index (χ4v) is 6.11. The van der Waals surface area contributed by atoms with E-state index in [2.05, 4.69) is 172 Å². The number of imidazole rings is 2. The summed E-state index contributed by atoms with van der Waals surface area (Å²) in [6.45, 7) is 19.9. The third kappa shape index (κ3) is 7.81. The second-order valence-corrected chi connectivity index (χ2v) is 13.0. The van der Waals surface area contributed by atoms with E-state index in [-0.39, 0.29) is 34.0 Å². The molecule has 0 fully saturated rings. The monoisotopic (exact) mass is 718 g/mol. The van der Waals surface area contributed by atoms with Crippen molar-refractivity contribution in [2.45, 2.75) is 92.2 Å². The number of rotatable bonds is 10. The Morgan fingerprint density at radius 3 is 1.14 bits per heavy atom. The molecule has 5 aromatic rings. The van der Waals surface area contributed by atoms with Gasteiger partial charge in [0.05, 0.1) is 0 Å². The second-order valence-electron chi connectivity index (χ2n) is 13.0. The number of para-hydroxylation sites is 2. The third-order valence-corrected chi connectivity index (χ3v) is 8.31. The summed E-state index contributed by atoms with van der Waals surface area (Å²) in [4.78, 5) is 0. The van der Waals surface area contributed by atoms with Crippen LogP contribution in [0, 0.1) is 0 Å². The van der Waals surface area contributed by atoms with E-state index < -0.39 is 0 Å². The lowest BCUT2D eigenvalue weighted by Gasteiger charge is -2.16. The van der Waals surface area contributed by atoms with Crippen molar-refractivity contribution >= 4 is 0 Å². The van der Waals surface area contributed by atoms with Crippen molar-refractivity contribution in [2.75, 3.05) is 0 Å². The number of benzene rings is 3. The number of hydrogen-bond acceptors (Lipinski definition) is 0. The summed E-state index contributed by atoms with van der Waals surface area (Å²) < 4.78 is 9.21. The molecular weight excluding hydrogens is 672 g/mol. The molecule has 0 unspecified atom stereocenters. The molecule has 0 amide bonds. The minimum absolute atomic E-state index is 0. The van der Waals surface area contributed by atoms with E-state index in [9.17, 15) is 0 Å². The normalized spacial score (nSPS) is 11.4. The highest BCUT2D eigenvalue weighted by atomic mass is 79.9. The number of aromatic nitrogens is 4. The maximum Gasteiger partial charge on any atom is 0.249 e. The van der Waals surface area contributed by atoms with Crippen molar-refractivity contribution in [3.05, 3.63) is 131 Å². The van der Waals surface area contributed by atoms with Gasteiger partial charge in [0.15, 0.2) is 0 Å². The van der Waals surface area contributed by atoms with Crippen LogP contribution in [0.1, 0.15) is 112 Å². The van der Waals surface area contributed by atoms with E-state index in [0.717, 1.165) is 13.1 Å². The highest BCUT2D eigenvalue weighted by molar-refractivity contribution is 5.52. The van der Waals surface area contributed by atoms with Gasteiger partial charge in [0.1, 0.15) is 49.3 Å². The first kappa shape index (κ1) is 35.5. The Bertz CT molecular complexity index is 1490. The molecule has 0 saturated heterocycles. The van der Waals surface area contributed by atoms with E-state index in [1.54, 1.807) is 0 Å². The highest BCUT2D eigenvalue weighted by Gasteiger charge is 2.21. The predicted octanol–water partition coefficient (Wildman–Crippen LogP) is 2.44. The molecule has 0 aliphatic carbocycles. The Labute approximate surface area is 285 Å². The van der Waals surface area contributed by atoms with E-state index in [1.807, 2.05) is 0 Å². The van der Waals surface area contributed by atoms with Crippen molar-refractivity contribution < 1.29 is 43.1 Å². The molecule has 0 N–H and O–H groups in total. The lowest BCUT2D eigenvalue weighted by Crippen LogP contribution is -3.00. The van der Waals surface area contributed by atoms with Gasteiger partial charge >= 0.3 is 0 Å². The molecule has 2 heterocycles. The maximum absolute atomic E-state index is 2.35. The molecule has 0 atom stereocenters. The lowest BCUT2D eigenvalue weighted by molar-refractivity contribution is -0.688. The topological polar surface area (TPSA) is 17.6 Å². The van der Waals surface area contributed by atoms with Crippen LogP contribution in [0.5, 0.6) is 0 Å². The van der Waals surface area contributed by atoms with Gasteiger partial charge in [-0.25, -0.2) is 18.3 Å². The Morgan fingerprint density at radius 2 is 0.818 bits per heavy atom. The van der Waals surface area contributed by atoms with Crippen LogP contribution in [-0.2, 0) is 13.1 Å². The lowest BCUT2D eigenvalue weighted by atomic mass is 9.92. The van der Waals surface area contributed by atoms with Gasteiger partial charge in [-0.2, -0.15) is 0 Å². The van der Waals surface area contributed by atoms with Crippen LogP contribution in [0.3, 0.4) is 0 Å². The molecule has 6 heteroatoms. The number of halogens is 2. The molecule has 0 saturated carbocycles. The maximum atomic E-state index is 2.35. The number of hydrogen-bond donors (Lipinski definition) is 0. The largest absolute Gasteiger partial charge is 1.00 e. The van der Waals surface area contributed by atoms with Gasteiger partial charge in [-0.1, -0.05) is 110 Å². The Kier molecular flexibility index (Phi) is 12.4. The first-order chi connectivity index (χ1) is 20.1. The molecule has 44 heavy (non-hydrogen) atoms. The minimum atomic E-state index is 0. The van der Waals surface area contributed by atoms with Crippen LogP contribution in [0.2, 0.25) is 0 Å². The van der Waals surface area contributed by atoms with Gasteiger partial charge in [-0.15, -0.1) is 0 Å². The molecule has 2 aromatic heterocycles. The summed E-state index contributed by atoms with van der Waals surface area (Å²) in [5, 5.41) is 0. The van der Waals surface area contributed by atoms with Crippen LogP contribution < -0.4 is 43.1 Å². The van der Waals surface area contributed by atoms with Gasteiger partial charge in [-0.3, -0.25) is 0 Å². The van der Waals surface area contributed by atoms with Crippen LogP contribution in [0.25, 0.3) is 11.4 Å². The summed E-state index contributed by atoms with van der Waals surface area (Å²) in [5.74, 6) is 1.87. The molecule has 4 nitrogen and oxygen atoms in total. The zero-order chi connectivity index (χ0) is 30.0. The SMILES string of the molecule is CC(C)c1cccc(C(C)C)c1-n1cc[n+](Cc2cccc(C[n+]3ccn(-c4c(C(C)C)cccc4C(C)C)c3)c2)c1.[Br-].[Br-]. The van der Waals surface area contributed by atoms with Gasteiger partial charge in [0, 0.05) is 22.3 Å². The van der Waals surface area contributed by atoms with E-state index >= 15 is 0 Å². The second kappa shape index (κ2) is 15.4. The van der Waals surface area contributed by atoms with Crippen molar-refractivity contribution in [3.63, 3.8) is 0 Å². The third-order valence-electron chi connectivity index (χ3n) is 8.31. The summed E-state index contributed by atoms with van der Waals surface area (Å²) in [7, 11) is 0. The van der Waals surface area contributed by atoms with Crippen molar-refractivity contribution in [3.8, 4) is 11.4 Å². The summed E-state index contributed by atoms with van der Waals surface area (Å²) in [5.41, 5.74) is 10.9. The van der Waals surface area contributed by atoms with E-state index in [4.69, 9.17) is 0 Å². The quantitative estimate of drug-likeness (QED) is 0.198. The molecule has 234 valence electrons. The van der Waals surface area contributed by atoms with Gasteiger partial charge in [-0.05, 0) is 40.9 Å². The molecule has 0 aliphatic rings. The van der Waals surface area contributed by atoms with E-state index in [0.29, 0.717) is 23.7 Å². The average Bonchev–Trinajstić information content (AvgIpc) is 3.62. The van der Waals surface area contributed by atoms with Crippen molar-refractivity contribution in [1.29, 1.82) is 0 Å². The first-order valence-corrected chi connectivity index (χ1v) is 15.6. The highest BCUT2D eigenvalue weighted by Crippen LogP contribution is 2.32. The zero-order valence-electron chi connectivity index (χ0n) is 27.5. The van der Waals surface area contributed by atoms with Gasteiger partial charge in [0.25, 0.3) is 0 Å². The molecule has 5 rings (SSSR count).